The highest BCUT2D eigenvalue weighted by Crippen LogP contribution is 2.40. The van der Waals surface area contributed by atoms with E-state index < -0.39 is 0 Å². The quantitative estimate of drug-likeness (QED) is 0.800. The van der Waals surface area contributed by atoms with Gasteiger partial charge in [-0.25, -0.2) is 0 Å². The minimum absolute atomic E-state index is 0.140. The molecular formula is C19H20N2O2. The SMILES string of the molecule is COc1ccccc1C(c1c(O)cnc2ccccc12)N(C)C. The number of methoxy groups -OCH3 is 1. The van der Waals surface area contributed by atoms with Crippen LogP contribution in [-0.4, -0.2) is 36.2 Å². The summed E-state index contributed by atoms with van der Waals surface area (Å²) in [7, 11) is 5.65. The zero-order valence-corrected chi connectivity index (χ0v) is 13.5. The lowest BCUT2D eigenvalue weighted by atomic mass is 9.93. The van der Waals surface area contributed by atoms with Gasteiger partial charge in [-0.05, 0) is 26.2 Å². The molecule has 1 unspecified atom stereocenters. The lowest BCUT2D eigenvalue weighted by Gasteiger charge is -2.28. The summed E-state index contributed by atoms with van der Waals surface area (Å²) in [4.78, 5) is 6.39. The number of hydrogen-bond donors (Lipinski definition) is 1. The smallest absolute Gasteiger partial charge is 0.139 e. The van der Waals surface area contributed by atoms with Gasteiger partial charge in [0, 0.05) is 16.5 Å². The largest absolute Gasteiger partial charge is 0.506 e. The Morgan fingerprint density at radius 1 is 1.04 bits per heavy atom. The summed E-state index contributed by atoms with van der Waals surface area (Å²) in [5.41, 5.74) is 2.71. The standard InChI is InChI=1S/C19H20N2O2/c1-21(2)19(14-9-5-7-11-17(14)23-3)18-13-8-4-6-10-15(13)20-12-16(18)22/h4-12,19,22H,1-3H3. The Kier molecular flexibility index (Phi) is 4.17. The Balaban J connectivity index is 2.30. The van der Waals surface area contributed by atoms with E-state index in [1.165, 1.54) is 6.20 Å². The van der Waals surface area contributed by atoms with Crippen molar-refractivity contribution in [3.8, 4) is 11.5 Å². The summed E-state index contributed by atoms with van der Waals surface area (Å²) in [6.07, 6.45) is 1.52. The number of fused-ring (bicyclic) bond motifs is 1. The van der Waals surface area contributed by atoms with Gasteiger partial charge in [-0.1, -0.05) is 36.4 Å². The summed E-state index contributed by atoms with van der Waals surface area (Å²) in [6, 6.07) is 15.6. The fraction of sp³-hybridized carbons (Fsp3) is 0.211. The molecule has 3 aromatic rings. The Bertz CT molecular complexity index is 830. The maximum absolute atomic E-state index is 10.5. The van der Waals surface area contributed by atoms with E-state index in [2.05, 4.69) is 9.88 Å². The number of nitrogens with zero attached hydrogens (tertiary/aromatic N) is 2. The number of hydrogen-bond acceptors (Lipinski definition) is 4. The highest BCUT2D eigenvalue weighted by atomic mass is 16.5. The van der Waals surface area contributed by atoms with Crippen molar-refractivity contribution < 1.29 is 9.84 Å². The first-order valence-electron chi connectivity index (χ1n) is 7.49. The number of benzene rings is 2. The van der Waals surface area contributed by atoms with Crippen molar-refractivity contribution in [3.05, 3.63) is 65.9 Å². The van der Waals surface area contributed by atoms with Crippen LogP contribution in [0, 0.1) is 0 Å². The van der Waals surface area contributed by atoms with Crippen LogP contribution in [0.4, 0.5) is 0 Å². The summed E-state index contributed by atoms with van der Waals surface area (Å²) in [5, 5.41) is 11.5. The Hall–Kier alpha value is -2.59. The summed E-state index contributed by atoms with van der Waals surface area (Å²) >= 11 is 0. The fourth-order valence-electron chi connectivity index (χ4n) is 3.02. The zero-order chi connectivity index (χ0) is 16.4. The molecule has 0 aliphatic carbocycles. The molecule has 1 N–H and O–H groups in total. The van der Waals surface area contributed by atoms with Crippen molar-refractivity contribution in [2.75, 3.05) is 21.2 Å². The number of para-hydroxylation sites is 2. The molecular weight excluding hydrogens is 288 g/mol. The third-order valence-electron chi connectivity index (χ3n) is 4.02. The van der Waals surface area contributed by atoms with Crippen LogP contribution in [0.25, 0.3) is 10.9 Å². The van der Waals surface area contributed by atoms with Gasteiger partial charge in [0.2, 0.25) is 0 Å². The van der Waals surface area contributed by atoms with Crippen LogP contribution in [-0.2, 0) is 0 Å². The van der Waals surface area contributed by atoms with Gasteiger partial charge in [-0.3, -0.25) is 9.88 Å². The van der Waals surface area contributed by atoms with E-state index in [0.29, 0.717) is 0 Å². The van der Waals surface area contributed by atoms with Crippen LogP contribution < -0.4 is 4.74 Å². The number of aromatic hydroxyl groups is 1. The minimum atomic E-state index is -0.140. The van der Waals surface area contributed by atoms with Gasteiger partial charge in [0.25, 0.3) is 0 Å². The summed E-state index contributed by atoms with van der Waals surface area (Å²) < 4.78 is 5.53. The highest BCUT2D eigenvalue weighted by molar-refractivity contribution is 5.85. The van der Waals surface area contributed by atoms with Crippen LogP contribution in [0.1, 0.15) is 17.2 Å². The molecule has 0 bridgehead atoms. The molecule has 1 aromatic heterocycles. The van der Waals surface area contributed by atoms with Gasteiger partial charge in [-0.2, -0.15) is 0 Å². The lowest BCUT2D eigenvalue weighted by Crippen LogP contribution is -2.22. The molecule has 4 heteroatoms. The summed E-state index contributed by atoms with van der Waals surface area (Å²) in [6.45, 7) is 0. The van der Waals surface area contributed by atoms with E-state index in [1.807, 2.05) is 62.6 Å². The van der Waals surface area contributed by atoms with E-state index >= 15 is 0 Å². The first-order chi connectivity index (χ1) is 11.1. The van der Waals surface area contributed by atoms with E-state index in [0.717, 1.165) is 27.8 Å². The number of ether oxygens (including phenoxy) is 1. The topological polar surface area (TPSA) is 45.6 Å². The zero-order valence-electron chi connectivity index (χ0n) is 13.5. The van der Waals surface area contributed by atoms with Crippen molar-refractivity contribution >= 4 is 10.9 Å². The molecule has 0 aliphatic heterocycles. The molecule has 118 valence electrons. The first kappa shape index (κ1) is 15.3. The van der Waals surface area contributed by atoms with Gasteiger partial charge in [0.15, 0.2) is 0 Å². The average molecular weight is 308 g/mol. The van der Waals surface area contributed by atoms with Crippen LogP contribution in [0.3, 0.4) is 0 Å². The van der Waals surface area contributed by atoms with Gasteiger partial charge >= 0.3 is 0 Å². The highest BCUT2D eigenvalue weighted by Gasteiger charge is 2.25. The second-order valence-electron chi connectivity index (χ2n) is 5.68. The second-order valence-corrected chi connectivity index (χ2v) is 5.68. The van der Waals surface area contributed by atoms with Crippen LogP contribution >= 0.6 is 0 Å². The Labute approximate surface area is 136 Å². The Morgan fingerprint density at radius 2 is 1.74 bits per heavy atom. The molecule has 1 heterocycles. The van der Waals surface area contributed by atoms with Crippen LogP contribution in [0.5, 0.6) is 11.5 Å². The fourth-order valence-corrected chi connectivity index (χ4v) is 3.02. The predicted molar refractivity (Wildman–Crippen MR) is 91.9 cm³/mol. The van der Waals surface area contributed by atoms with Crippen LogP contribution in [0.2, 0.25) is 0 Å². The molecule has 0 radical (unpaired) electrons. The molecule has 0 aliphatic rings. The van der Waals surface area contributed by atoms with Gasteiger partial charge in [-0.15, -0.1) is 0 Å². The minimum Gasteiger partial charge on any atom is -0.506 e. The third-order valence-corrected chi connectivity index (χ3v) is 4.02. The second kappa shape index (κ2) is 6.26. The van der Waals surface area contributed by atoms with Crippen LogP contribution in [0.15, 0.2) is 54.7 Å². The monoisotopic (exact) mass is 308 g/mol. The van der Waals surface area contributed by atoms with Crippen molar-refractivity contribution in [1.29, 1.82) is 0 Å². The molecule has 1 atom stereocenters. The molecule has 3 rings (SSSR count). The van der Waals surface area contributed by atoms with E-state index in [9.17, 15) is 5.11 Å². The lowest BCUT2D eigenvalue weighted by molar-refractivity contribution is 0.320. The normalized spacial score (nSPS) is 12.5. The molecule has 2 aromatic carbocycles. The average Bonchev–Trinajstić information content (AvgIpc) is 2.57. The van der Waals surface area contributed by atoms with Crippen molar-refractivity contribution in [2.24, 2.45) is 0 Å². The molecule has 0 amide bonds. The molecule has 4 nitrogen and oxygen atoms in total. The van der Waals surface area contributed by atoms with Crippen molar-refractivity contribution in [3.63, 3.8) is 0 Å². The van der Waals surface area contributed by atoms with E-state index in [4.69, 9.17) is 4.74 Å². The van der Waals surface area contributed by atoms with E-state index in [-0.39, 0.29) is 11.8 Å². The Morgan fingerprint density at radius 3 is 2.48 bits per heavy atom. The van der Waals surface area contributed by atoms with Crippen molar-refractivity contribution in [1.82, 2.24) is 9.88 Å². The third kappa shape index (κ3) is 2.73. The first-order valence-corrected chi connectivity index (χ1v) is 7.49. The molecule has 0 spiro atoms. The van der Waals surface area contributed by atoms with E-state index in [1.54, 1.807) is 7.11 Å². The maximum Gasteiger partial charge on any atom is 0.139 e. The molecule has 23 heavy (non-hydrogen) atoms. The molecule has 0 saturated heterocycles. The summed E-state index contributed by atoms with van der Waals surface area (Å²) in [5.74, 6) is 0.986. The number of rotatable bonds is 4. The molecule has 0 fully saturated rings. The van der Waals surface area contributed by atoms with Gasteiger partial charge in [0.1, 0.15) is 11.5 Å². The molecule has 0 saturated carbocycles. The maximum atomic E-state index is 10.5. The van der Waals surface area contributed by atoms with Crippen molar-refractivity contribution in [2.45, 2.75) is 6.04 Å². The van der Waals surface area contributed by atoms with Gasteiger partial charge < -0.3 is 9.84 Å². The van der Waals surface area contributed by atoms with Gasteiger partial charge in [0.05, 0.1) is 24.9 Å². The number of aromatic nitrogens is 1. The number of pyridine rings is 1. The predicted octanol–water partition coefficient (Wildman–Crippen LogP) is 3.60.